The number of ether oxygens (including phenoxy) is 1. The maximum absolute atomic E-state index is 11.3. The number of rotatable bonds is 4. The maximum Gasteiger partial charge on any atom is 0.303 e. The Balaban J connectivity index is 2.32. The number of hydrogen-bond donors (Lipinski definition) is 0. The second-order valence-electron chi connectivity index (χ2n) is 5.88. The van der Waals surface area contributed by atoms with E-state index in [4.69, 9.17) is 4.74 Å². The summed E-state index contributed by atoms with van der Waals surface area (Å²) in [5.41, 5.74) is 1.03. The van der Waals surface area contributed by atoms with Gasteiger partial charge < -0.3 is 4.74 Å². The number of carbonyl (C=O) groups excluding carboxylic acids is 1. The summed E-state index contributed by atoms with van der Waals surface area (Å²) >= 11 is 1.61. The smallest absolute Gasteiger partial charge is 0.303 e. The highest BCUT2D eigenvalue weighted by Gasteiger charge is 2.20. The standard InChI is InChI=1S/C16H20O2SSi/c1-12(17)18-16(15-6-5-11-19-15)13-7-9-14(10-8-13)20(2,3)4/h5-11,16H,1-4H3/t16-/m0/s1. The van der Waals surface area contributed by atoms with E-state index in [1.54, 1.807) is 11.3 Å². The van der Waals surface area contributed by atoms with Crippen LogP contribution in [0.25, 0.3) is 0 Å². The van der Waals surface area contributed by atoms with Crippen molar-refractivity contribution in [2.75, 3.05) is 0 Å². The first-order chi connectivity index (χ1) is 9.38. The molecule has 0 bridgehead atoms. The van der Waals surface area contributed by atoms with Gasteiger partial charge in [0.2, 0.25) is 0 Å². The monoisotopic (exact) mass is 304 g/mol. The first kappa shape index (κ1) is 15.0. The molecule has 0 spiro atoms. The molecule has 2 aromatic rings. The molecule has 20 heavy (non-hydrogen) atoms. The molecule has 0 aliphatic heterocycles. The number of carbonyl (C=O) groups is 1. The van der Waals surface area contributed by atoms with Crippen LogP contribution in [0.4, 0.5) is 0 Å². The fourth-order valence-electron chi connectivity index (χ4n) is 2.05. The lowest BCUT2D eigenvalue weighted by atomic mass is 10.1. The average Bonchev–Trinajstić information content (AvgIpc) is 2.88. The van der Waals surface area contributed by atoms with E-state index in [9.17, 15) is 4.79 Å². The summed E-state index contributed by atoms with van der Waals surface area (Å²) in [6.45, 7) is 8.43. The molecule has 0 aliphatic carbocycles. The van der Waals surface area contributed by atoms with Crippen LogP contribution in [-0.4, -0.2) is 14.0 Å². The first-order valence-electron chi connectivity index (χ1n) is 6.69. The quantitative estimate of drug-likeness (QED) is 0.631. The van der Waals surface area contributed by atoms with Crippen molar-refractivity contribution in [1.82, 2.24) is 0 Å². The van der Waals surface area contributed by atoms with Crippen LogP contribution in [-0.2, 0) is 9.53 Å². The van der Waals surface area contributed by atoms with Gasteiger partial charge in [-0.25, -0.2) is 0 Å². The van der Waals surface area contributed by atoms with Crippen molar-refractivity contribution in [2.45, 2.75) is 32.7 Å². The number of esters is 1. The third-order valence-electron chi connectivity index (χ3n) is 3.16. The van der Waals surface area contributed by atoms with Gasteiger partial charge in [0.1, 0.15) is 0 Å². The molecule has 2 rings (SSSR count). The molecule has 0 amide bonds. The van der Waals surface area contributed by atoms with Crippen molar-refractivity contribution >= 4 is 30.6 Å². The first-order valence-corrected chi connectivity index (χ1v) is 11.1. The van der Waals surface area contributed by atoms with Gasteiger partial charge >= 0.3 is 5.97 Å². The van der Waals surface area contributed by atoms with Crippen molar-refractivity contribution in [1.29, 1.82) is 0 Å². The zero-order valence-corrected chi connectivity index (χ0v) is 14.2. The van der Waals surface area contributed by atoms with E-state index in [1.165, 1.54) is 12.1 Å². The fraction of sp³-hybridized carbons (Fsp3) is 0.312. The van der Waals surface area contributed by atoms with E-state index in [0.29, 0.717) is 0 Å². The van der Waals surface area contributed by atoms with Gasteiger partial charge in [-0.05, 0) is 17.0 Å². The normalized spacial score (nSPS) is 13.0. The van der Waals surface area contributed by atoms with Crippen molar-refractivity contribution in [3.63, 3.8) is 0 Å². The van der Waals surface area contributed by atoms with Gasteiger partial charge in [-0.1, -0.05) is 55.2 Å². The SMILES string of the molecule is CC(=O)O[C@@H](c1ccc([Si](C)(C)C)cc1)c1cccs1. The summed E-state index contributed by atoms with van der Waals surface area (Å²) in [7, 11) is -1.29. The van der Waals surface area contributed by atoms with E-state index in [2.05, 4.69) is 43.9 Å². The second-order valence-corrected chi connectivity index (χ2v) is 11.9. The molecule has 1 aromatic heterocycles. The molecule has 0 radical (unpaired) electrons. The number of benzene rings is 1. The van der Waals surface area contributed by atoms with Gasteiger partial charge in [-0.15, -0.1) is 11.3 Å². The second kappa shape index (κ2) is 5.93. The van der Waals surface area contributed by atoms with E-state index in [1.807, 2.05) is 17.5 Å². The van der Waals surface area contributed by atoms with Crippen LogP contribution in [0, 0.1) is 0 Å². The van der Waals surface area contributed by atoms with Gasteiger partial charge in [0.05, 0.1) is 8.07 Å². The predicted molar refractivity (Wildman–Crippen MR) is 87.4 cm³/mol. The Morgan fingerprint density at radius 2 is 1.80 bits per heavy atom. The maximum atomic E-state index is 11.3. The summed E-state index contributed by atoms with van der Waals surface area (Å²) < 4.78 is 5.49. The zero-order valence-electron chi connectivity index (χ0n) is 12.3. The molecule has 106 valence electrons. The summed E-state index contributed by atoms with van der Waals surface area (Å²) in [5, 5.41) is 3.41. The van der Waals surface area contributed by atoms with Crippen LogP contribution < -0.4 is 5.19 Å². The summed E-state index contributed by atoms with van der Waals surface area (Å²) in [6, 6.07) is 12.5. The van der Waals surface area contributed by atoms with Crippen molar-refractivity contribution in [2.24, 2.45) is 0 Å². The summed E-state index contributed by atoms with van der Waals surface area (Å²) in [5.74, 6) is -0.252. The van der Waals surface area contributed by atoms with E-state index in [0.717, 1.165) is 10.4 Å². The lowest BCUT2D eigenvalue weighted by Crippen LogP contribution is -2.37. The van der Waals surface area contributed by atoms with Gasteiger partial charge in [0, 0.05) is 11.8 Å². The predicted octanol–water partition coefficient (Wildman–Crippen LogP) is 3.95. The minimum absolute atomic E-state index is 0.252. The highest BCUT2D eigenvalue weighted by Crippen LogP contribution is 2.29. The molecule has 1 atom stereocenters. The molecule has 0 fully saturated rings. The van der Waals surface area contributed by atoms with Gasteiger partial charge in [-0.2, -0.15) is 0 Å². The molecule has 0 N–H and O–H groups in total. The summed E-state index contributed by atoms with van der Waals surface area (Å²) in [6.07, 6.45) is -0.289. The molecule has 1 aromatic carbocycles. The lowest BCUT2D eigenvalue weighted by molar-refractivity contribution is -0.144. The molecular weight excluding hydrogens is 284 g/mol. The van der Waals surface area contributed by atoms with Crippen LogP contribution in [0.2, 0.25) is 19.6 Å². The Morgan fingerprint density at radius 1 is 1.15 bits per heavy atom. The highest BCUT2D eigenvalue weighted by molar-refractivity contribution is 7.10. The third-order valence-corrected chi connectivity index (χ3v) is 6.15. The number of hydrogen-bond acceptors (Lipinski definition) is 3. The molecule has 0 saturated heterocycles. The van der Waals surface area contributed by atoms with Crippen molar-refractivity contribution in [3.05, 3.63) is 52.2 Å². The van der Waals surface area contributed by atoms with Gasteiger partial charge in [0.25, 0.3) is 0 Å². The molecule has 0 aliphatic rings. The van der Waals surface area contributed by atoms with Crippen LogP contribution in [0.1, 0.15) is 23.5 Å². The third kappa shape index (κ3) is 3.58. The van der Waals surface area contributed by atoms with Gasteiger partial charge in [-0.3, -0.25) is 4.79 Å². The Hall–Kier alpha value is -1.39. The van der Waals surface area contributed by atoms with Crippen LogP contribution in [0.5, 0.6) is 0 Å². The Morgan fingerprint density at radius 3 is 2.25 bits per heavy atom. The minimum Gasteiger partial charge on any atom is -0.452 e. The zero-order chi connectivity index (χ0) is 14.8. The Bertz CT molecular complexity index is 568. The molecular formula is C16H20O2SSi. The Kier molecular flexibility index (Phi) is 4.45. The van der Waals surface area contributed by atoms with Crippen molar-refractivity contribution in [3.8, 4) is 0 Å². The minimum atomic E-state index is -1.29. The summed E-state index contributed by atoms with van der Waals surface area (Å²) in [4.78, 5) is 12.4. The fourth-order valence-corrected chi connectivity index (χ4v) is 4.00. The highest BCUT2D eigenvalue weighted by atomic mass is 32.1. The molecule has 1 heterocycles. The van der Waals surface area contributed by atoms with Crippen LogP contribution in [0.3, 0.4) is 0 Å². The van der Waals surface area contributed by atoms with E-state index in [-0.39, 0.29) is 12.1 Å². The molecule has 0 saturated carbocycles. The average molecular weight is 304 g/mol. The van der Waals surface area contributed by atoms with Crippen LogP contribution >= 0.6 is 11.3 Å². The molecule has 4 heteroatoms. The lowest BCUT2D eigenvalue weighted by Gasteiger charge is -2.20. The topological polar surface area (TPSA) is 26.3 Å². The Labute approximate surface area is 125 Å². The van der Waals surface area contributed by atoms with Crippen LogP contribution in [0.15, 0.2) is 41.8 Å². The number of thiophene rings is 1. The van der Waals surface area contributed by atoms with E-state index >= 15 is 0 Å². The van der Waals surface area contributed by atoms with E-state index < -0.39 is 8.07 Å². The van der Waals surface area contributed by atoms with Gasteiger partial charge in [0.15, 0.2) is 6.10 Å². The molecule has 2 nitrogen and oxygen atoms in total. The molecule has 0 unspecified atom stereocenters. The largest absolute Gasteiger partial charge is 0.452 e. The van der Waals surface area contributed by atoms with Crippen molar-refractivity contribution < 1.29 is 9.53 Å².